The molecule has 9 rings (SSSR count). The lowest BCUT2D eigenvalue weighted by atomic mass is 9.70. The van der Waals surface area contributed by atoms with E-state index in [-0.39, 0.29) is 5.41 Å². The molecule has 0 fully saturated rings. The smallest absolute Gasteiger partial charge is 0.160 e. The molecule has 4 heteroatoms. The van der Waals surface area contributed by atoms with E-state index in [9.17, 15) is 0 Å². The van der Waals surface area contributed by atoms with Crippen molar-refractivity contribution in [1.29, 1.82) is 0 Å². The van der Waals surface area contributed by atoms with Crippen LogP contribution >= 0.6 is 0 Å². The highest BCUT2D eigenvalue weighted by Gasteiger charge is 2.31. The molecule has 9 aromatic rings. The highest BCUT2D eigenvalue weighted by atomic mass is 14.9. The van der Waals surface area contributed by atoms with E-state index in [1.807, 2.05) is 31.2 Å². The predicted octanol–water partition coefficient (Wildman–Crippen LogP) is 15.2. The minimum absolute atomic E-state index is 0.184. The van der Waals surface area contributed by atoms with E-state index >= 15 is 0 Å². The average molecular weight is 801 g/mol. The molecule has 300 valence electrons. The van der Waals surface area contributed by atoms with Gasteiger partial charge in [-0.05, 0) is 77.1 Å². The van der Waals surface area contributed by atoms with Gasteiger partial charge in [-0.1, -0.05) is 196 Å². The zero-order valence-electron chi connectivity index (χ0n) is 35.5. The van der Waals surface area contributed by atoms with Crippen LogP contribution in [0.15, 0.2) is 195 Å². The first-order valence-corrected chi connectivity index (χ1v) is 21.5. The summed E-state index contributed by atoms with van der Waals surface area (Å²) in [5, 5.41) is 2.36. The molecular weight excluding hydrogens is 753 g/mol. The summed E-state index contributed by atoms with van der Waals surface area (Å²) in [5.41, 5.74) is 14.3. The van der Waals surface area contributed by atoms with Crippen molar-refractivity contribution < 1.29 is 0 Å². The van der Waals surface area contributed by atoms with Gasteiger partial charge >= 0.3 is 0 Å². The molecule has 4 nitrogen and oxygen atoms in total. The van der Waals surface area contributed by atoms with Gasteiger partial charge in [-0.2, -0.15) is 0 Å². The maximum absolute atomic E-state index is 5.18. The third-order valence-electron chi connectivity index (χ3n) is 12.2. The minimum Gasteiger partial charge on any atom is -0.228 e. The Hall–Kier alpha value is -7.56. The van der Waals surface area contributed by atoms with Gasteiger partial charge in [0.2, 0.25) is 0 Å². The quantitative estimate of drug-likeness (QED) is 0.123. The van der Waals surface area contributed by atoms with Crippen LogP contribution in [-0.4, -0.2) is 19.9 Å². The SMILES string of the molecule is C=Cc1ccc(-c2nc(-c3ccccc3)cc(-c3ccc(C(CC)(CC)c4ccc(-c5cc(-c6ccccc6)nc(-c6ccc7ccccc7c6)n5)cc4)cc3)n2)cc1/C=C\C. The van der Waals surface area contributed by atoms with Crippen molar-refractivity contribution in [2.45, 2.75) is 39.0 Å². The summed E-state index contributed by atoms with van der Waals surface area (Å²) in [4.78, 5) is 20.5. The van der Waals surface area contributed by atoms with E-state index < -0.39 is 0 Å². The van der Waals surface area contributed by atoms with Crippen LogP contribution in [0.2, 0.25) is 0 Å². The van der Waals surface area contributed by atoms with Crippen molar-refractivity contribution in [2.24, 2.45) is 0 Å². The van der Waals surface area contributed by atoms with Gasteiger partial charge in [0.05, 0.1) is 22.8 Å². The molecule has 0 radical (unpaired) electrons. The number of aromatic nitrogens is 4. The number of hydrogen-bond acceptors (Lipinski definition) is 4. The van der Waals surface area contributed by atoms with Crippen molar-refractivity contribution in [3.8, 4) is 67.8 Å². The molecule has 7 aromatic carbocycles. The Balaban J connectivity index is 1.07. The van der Waals surface area contributed by atoms with Crippen LogP contribution in [0, 0.1) is 0 Å². The zero-order valence-corrected chi connectivity index (χ0v) is 35.5. The number of benzene rings is 7. The van der Waals surface area contributed by atoms with Gasteiger partial charge in [-0.25, -0.2) is 19.9 Å². The van der Waals surface area contributed by atoms with Crippen LogP contribution < -0.4 is 0 Å². The lowest BCUT2D eigenvalue weighted by Crippen LogP contribution is -2.26. The Bertz CT molecular complexity index is 3040. The van der Waals surface area contributed by atoms with Gasteiger partial charge in [0.25, 0.3) is 0 Å². The lowest BCUT2D eigenvalue weighted by Gasteiger charge is -2.33. The maximum atomic E-state index is 5.18. The molecule has 0 aliphatic heterocycles. The van der Waals surface area contributed by atoms with Crippen molar-refractivity contribution in [3.05, 3.63) is 217 Å². The molecule has 2 heterocycles. The monoisotopic (exact) mass is 800 g/mol. The minimum atomic E-state index is -0.184. The molecule has 0 unspecified atom stereocenters. The molecule has 62 heavy (non-hydrogen) atoms. The largest absolute Gasteiger partial charge is 0.228 e. The molecule has 0 bridgehead atoms. The number of rotatable bonds is 12. The topological polar surface area (TPSA) is 51.6 Å². The molecule has 0 aliphatic carbocycles. The van der Waals surface area contributed by atoms with E-state index in [2.05, 4.69) is 196 Å². The first-order valence-electron chi connectivity index (χ1n) is 21.5. The van der Waals surface area contributed by atoms with E-state index in [0.29, 0.717) is 11.6 Å². The summed E-state index contributed by atoms with van der Waals surface area (Å²) in [6, 6.07) is 64.1. The highest BCUT2D eigenvalue weighted by Crippen LogP contribution is 2.41. The second-order valence-electron chi connectivity index (χ2n) is 15.7. The van der Waals surface area contributed by atoms with Crippen LogP contribution in [0.1, 0.15) is 55.9 Å². The summed E-state index contributed by atoms with van der Waals surface area (Å²) >= 11 is 0. The summed E-state index contributed by atoms with van der Waals surface area (Å²) in [6.07, 6.45) is 7.93. The Morgan fingerprint density at radius 1 is 0.419 bits per heavy atom. The third kappa shape index (κ3) is 7.91. The molecule has 0 saturated carbocycles. The van der Waals surface area contributed by atoms with E-state index in [1.165, 1.54) is 21.9 Å². The summed E-state index contributed by atoms with van der Waals surface area (Å²) in [6.45, 7) is 10.6. The fraction of sp³-hybridized carbons (Fsp3) is 0.103. The molecular formula is C58H48N4. The summed E-state index contributed by atoms with van der Waals surface area (Å²) in [5.74, 6) is 1.40. The predicted molar refractivity (Wildman–Crippen MR) is 260 cm³/mol. The number of allylic oxidation sites excluding steroid dienone is 1. The fourth-order valence-electron chi connectivity index (χ4n) is 8.67. The summed E-state index contributed by atoms with van der Waals surface area (Å²) < 4.78 is 0. The average Bonchev–Trinajstić information content (AvgIpc) is 3.35. The first-order chi connectivity index (χ1) is 30.5. The Labute approximate surface area is 365 Å². The van der Waals surface area contributed by atoms with Gasteiger partial charge in [0.1, 0.15) is 0 Å². The number of fused-ring (bicyclic) bond motifs is 1. The van der Waals surface area contributed by atoms with Crippen molar-refractivity contribution in [2.75, 3.05) is 0 Å². The fourth-order valence-corrected chi connectivity index (χ4v) is 8.67. The first kappa shape index (κ1) is 39.9. The molecule has 0 N–H and O–H groups in total. The van der Waals surface area contributed by atoms with Crippen LogP contribution in [0.5, 0.6) is 0 Å². The van der Waals surface area contributed by atoms with Gasteiger partial charge < -0.3 is 0 Å². The molecule has 0 spiro atoms. The van der Waals surface area contributed by atoms with Crippen LogP contribution in [0.4, 0.5) is 0 Å². The van der Waals surface area contributed by atoms with Gasteiger partial charge in [-0.3, -0.25) is 0 Å². The van der Waals surface area contributed by atoms with Gasteiger partial charge in [0.15, 0.2) is 11.6 Å². The summed E-state index contributed by atoms with van der Waals surface area (Å²) in [7, 11) is 0. The van der Waals surface area contributed by atoms with Crippen LogP contribution in [-0.2, 0) is 5.41 Å². The van der Waals surface area contributed by atoms with Crippen molar-refractivity contribution in [3.63, 3.8) is 0 Å². The third-order valence-corrected chi connectivity index (χ3v) is 12.2. The number of nitrogens with zero attached hydrogens (tertiary/aromatic N) is 4. The number of hydrogen-bond donors (Lipinski definition) is 0. The molecule has 0 atom stereocenters. The molecule has 0 aliphatic rings. The van der Waals surface area contributed by atoms with Crippen molar-refractivity contribution >= 4 is 22.9 Å². The standard InChI is InChI=1S/C58H48N4/c1-5-17-46-36-48(26-24-40(46)6-2)56-59-52(42-19-11-9-12-20-42)38-54(61-56)44-28-32-50(33-29-44)58(7-3,8-4)51-34-30-45(31-35-51)55-39-53(43-21-13-10-14-22-43)60-57(62-55)49-27-25-41-18-15-16-23-47(41)37-49/h5-6,9-39H,2,7-8H2,1,3-4H3/b17-5-. The van der Waals surface area contributed by atoms with Crippen LogP contribution in [0.25, 0.3) is 90.7 Å². The molecule has 0 amide bonds. The zero-order chi connectivity index (χ0) is 42.5. The lowest BCUT2D eigenvalue weighted by molar-refractivity contribution is 0.478. The second kappa shape index (κ2) is 17.6. The maximum Gasteiger partial charge on any atom is 0.160 e. The Morgan fingerprint density at radius 2 is 0.839 bits per heavy atom. The Morgan fingerprint density at radius 3 is 1.31 bits per heavy atom. The van der Waals surface area contributed by atoms with Crippen LogP contribution in [0.3, 0.4) is 0 Å². The molecule has 2 aromatic heterocycles. The Kier molecular flexibility index (Phi) is 11.3. The van der Waals surface area contributed by atoms with E-state index in [0.717, 1.165) is 80.1 Å². The molecule has 0 saturated heterocycles. The normalized spacial score (nSPS) is 11.6. The van der Waals surface area contributed by atoms with Crippen molar-refractivity contribution in [1.82, 2.24) is 19.9 Å². The highest BCUT2D eigenvalue weighted by molar-refractivity contribution is 5.87. The van der Waals surface area contributed by atoms with Gasteiger partial charge in [0, 0.05) is 38.8 Å². The van der Waals surface area contributed by atoms with E-state index in [1.54, 1.807) is 0 Å². The van der Waals surface area contributed by atoms with Gasteiger partial charge in [-0.15, -0.1) is 0 Å². The second-order valence-corrected chi connectivity index (χ2v) is 15.7. The van der Waals surface area contributed by atoms with E-state index in [4.69, 9.17) is 19.9 Å².